The molecule has 0 radical (unpaired) electrons. The van der Waals surface area contributed by atoms with Gasteiger partial charge in [0.05, 0.1) is 18.9 Å². The minimum atomic E-state index is -0.194. The maximum absolute atomic E-state index is 11.1. The summed E-state index contributed by atoms with van der Waals surface area (Å²) in [5, 5.41) is 2.67. The first kappa shape index (κ1) is 13.6. The highest BCUT2D eigenvalue weighted by Gasteiger charge is 2.09. The van der Waals surface area contributed by atoms with E-state index in [1.165, 1.54) is 20.1 Å². The van der Waals surface area contributed by atoms with E-state index < -0.39 is 0 Å². The third-order valence-electron chi connectivity index (χ3n) is 2.32. The summed E-state index contributed by atoms with van der Waals surface area (Å²) in [6.07, 6.45) is 0. The molecule has 0 aliphatic rings. The molecule has 104 valence electrons. The number of rotatable bonds is 4. The van der Waals surface area contributed by atoms with Gasteiger partial charge in [-0.05, 0) is 12.1 Å². The minimum Gasteiger partial charge on any atom is -0.481 e. The molecule has 3 N–H and O–H groups in total. The summed E-state index contributed by atoms with van der Waals surface area (Å²) < 4.78 is 10.6. The van der Waals surface area contributed by atoms with E-state index in [0.717, 1.165) is 0 Å². The predicted octanol–water partition coefficient (Wildman–Crippen LogP) is 1.82. The van der Waals surface area contributed by atoms with E-state index in [9.17, 15) is 4.79 Å². The first-order valence-corrected chi connectivity index (χ1v) is 5.81. The Balaban J connectivity index is 2.30. The second-order valence-corrected chi connectivity index (χ2v) is 3.89. The fourth-order valence-corrected chi connectivity index (χ4v) is 1.54. The van der Waals surface area contributed by atoms with Crippen LogP contribution in [0.25, 0.3) is 0 Å². The van der Waals surface area contributed by atoms with Crippen LogP contribution in [0.1, 0.15) is 6.92 Å². The van der Waals surface area contributed by atoms with Crippen LogP contribution in [0.15, 0.2) is 30.3 Å². The molecule has 1 aromatic carbocycles. The van der Waals surface area contributed by atoms with Crippen molar-refractivity contribution < 1.29 is 14.3 Å². The quantitative estimate of drug-likeness (QED) is 0.882. The van der Waals surface area contributed by atoms with Crippen molar-refractivity contribution in [3.8, 4) is 17.5 Å². The van der Waals surface area contributed by atoms with E-state index in [1.807, 2.05) is 0 Å². The van der Waals surface area contributed by atoms with Crippen molar-refractivity contribution in [2.75, 3.05) is 18.2 Å². The van der Waals surface area contributed by atoms with E-state index in [4.69, 9.17) is 15.2 Å². The molecule has 1 heterocycles. The third kappa shape index (κ3) is 3.35. The maximum atomic E-state index is 11.1. The molecule has 2 rings (SSSR count). The normalized spacial score (nSPS) is 9.90. The number of aromatic nitrogens is 2. The van der Waals surface area contributed by atoms with E-state index in [2.05, 4.69) is 15.3 Å². The van der Waals surface area contributed by atoms with Crippen molar-refractivity contribution in [1.82, 2.24) is 9.97 Å². The van der Waals surface area contributed by atoms with Crippen molar-refractivity contribution in [1.29, 1.82) is 0 Å². The van der Waals surface area contributed by atoms with Gasteiger partial charge in [-0.2, -0.15) is 9.97 Å². The number of amides is 1. The van der Waals surface area contributed by atoms with Gasteiger partial charge in [0.2, 0.25) is 23.6 Å². The van der Waals surface area contributed by atoms with Gasteiger partial charge in [-0.15, -0.1) is 0 Å². The lowest BCUT2D eigenvalue weighted by molar-refractivity contribution is -0.114. The van der Waals surface area contributed by atoms with Crippen LogP contribution in [-0.2, 0) is 4.79 Å². The molecule has 1 aromatic heterocycles. The summed E-state index contributed by atoms with van der Waals surface area (Å²) in [6, 6.07) is 8.49. The standard InChI is InChI=1S/C13H14N4O3/c1-8(18)15-9-5-3-4-6-10(9)20-12-7-11(19-2)16-13(14)17-12/h3-7H,1-2H3,(H,15,18)(H2,14,16,17). The molecule has 0 fully saturated rings. The number of para-hydroxylation sites is 2. The molecule has 0 aliphatic heterocycles. The average molecular weight is 274 g/mol. The second kappa shape index (κ2) is 5.87. The van der Waals surface area contributed by atoms with E-state index >= 15 is 0 Å². The molecule has 0 bridgehead atoms. The summed E-state index contributed by atoms with van der Waals surface area (Å²) >= 11 is 0. The smallest absolute Gasteiger partial charge is 0.228 e. The van der Waals surface area contributed by atoms with Crippen molar-refractivity contribution >= 4 is 17.5 Å². The number of anilines is 2. The van der Waals surface area contributed by atoms with Crippen LogP contribution in [0.4, 0.5) is 11.6 Å². The Hall–Kier alpha value is -2.83. The van der Waals surface area contributed by atoms with Crippen LogP contribution in [0, 0.1) is 0 Å². The summed E-state index contributed by atoms with van der Waals surface area (Å²) in [7, 11) is 1.47. The minimum absolute atomic E-state index is 0.0383. The van der Waals surface area contributed by atoms with E-state index in [0.29, 0.717) is 17.3 Å². The van der Waals surface area contributed by atoms with Crippen LogP contribution in [0.3, 0.4) is 0 Å². The van der Waals surface area contributed by atoms with Gasteiger partial charge >= 0.3 is 0 Å². The van der Waals surface area contributed by atoms with Gasteiger partial charge in [-0.25, -0.2) is 0 Å². The molecule has 0 spiro atoms. The van der Waals surface area contributed by atoms with Crippen molar-refractivity contribution in [2.24, 2.45) is 0 Å². The number of carbonyl (C=O) groups is 1. The predicted molar refractivity (Wildman–Crippen MR) is 73.8 cm³/mol. The zero-order chi connectivity index (χ0) is 14.5. The molecule has 7 heteroatoms. The lowest BCUT2D eigenvalue weighted by Gasteiger charge is -2.11. The van der Waals surface area contributed by atoms with Crippen molar-refractivity contribution in [3.05, 3.63) is 30.3 Å². The Morgan fingerprint density at radius 3 is 2.65 bits per heavy atom. The summed E-state index contributed by atoms with van der Waals surface area (Å²) in [5.74, 6) is 0.816. The molecular weight excluding hydrogens is 260 g/mol. The molecule has 0 aliphatic carbocycles. The summed E-state index contributed by atoms with van der Waals surface area (Å²) in [4.78, 5) is 18.9. The van der Waals surface area contributed by atoms with Crippen LogP contribution in [0.2, 0.25) is 0 Å². The number of carbonyl (C=O) groups excluding carboxylic acids is 1. The number of nitrogens with zero attached hydrogens (tertiary/aromatic N) is 2. The van der Waals surface area contributed by atoms with Gasteiger partial charge < -0.3 is 20.5 Å². The molecule has 0 saturated heterocycles. The molecule has 0 atom stereocenters. The first-order chi connectivity index (χ1) is 9.58. The van der Waals surface area contributed by atoms with Crippen molar-refractivity contribution in [2.45, 2.75) is 6.92 Å². The molecule has 7 nitrogen and oxygen atoms in total. The average Bonchev–Trinajstić information content (AvgIpc) is 2.39. The lowest BCUT2D eigenvalue weighted by atomic mass is 10.3. The highest BCUT2D eigenvalue weighted by atomic mass is 16.5. The maximum Gasteiger partial charge on any atom is 0.228 e. The molecule has 1 amide bonds. The molecule has 20 heavy (non-hydrogen) atoms. The van der Waals surface area contributed by atoms with Crippen LogP contribution >= 0.6 is 0 Å². The summed E-state index contributed by atoms with van der Waals surface area (Å²) in [6.45, 7) is 1.42. The van der Waals surface area contributed by atoms with Gasteiger partial charge in [0.15, 0.2) is 5.75 Å². The molecular formula is C13H14N4O3. The Labute approximate surface area is 115 Å². The highest BCUT2D eigenvalue weighted by Crippen LogP contribution is 2.29. The number of hydrogen-bond donors (Lipinski definition) is 2. The third-order valence-corrected chi connectivity index (χ3v) is 2.32. The van der Waals surface area contributed by atoms with Crippen LogP contribution < -0.4 is 20.5 Å². The number of benzene rings is 1. The molecule has 0 saturated carbocycles. The number of nitrogens with two attached hydrogens (primary N) is 1. The van der Waals surface area contributed by atoms with Gasteiger partial charge in [-0.3, -0.25) is 4.79 Å². The SMILES string of the molecule is COc1cc(Oc2ccccc2NC(C)=O)nc(N)n1. The second-order valence-electron chi connectivity index (χ2n) is 3.89. The van der Waals surface area contributed by atoms with Crippen LogP contribution in [-0.4, -0.2) is 23.0 Å². The monoisotopic (exact) mass is 274 g/mol. The Morgan fingerprint density at radius 1 is 1.25 bits per heavy atom. The topological polar surface area (TPSA) is 99.4 Å². The highest BCUT2D eigenvalue weighted by molar-refractivity contribution is 5.90. The fourth-order valence-electron chi connectivity index (χ4n) is 1.54. The molecule has 2 aromatic rings. The van der Waals surface area contributed by atoms with E-state index in [1.54, 1.807) is 24.3 Å². The number of hydrogen-bond acceptors (Lipinski definition) is 6. The zero-order valence-corrected chi connectivity index (χ0v) is 11.1. The van der Waals surface area contributed by atoms with Gasteiger partial charge in [0, 0.05) is 6.92 Å². The lowest BCUT2D eigenvalue weighted by Crippen LogP contribution is -2.07. The Bertz CT molecular complexity index is 631. The fraction of sp³-hybridized carbons (Fsp3) is 0.154. The van der Waals surface area contributed by atoms with Gasteiger partial charge in [0.25, 0.3) is 0 Å². The van der Waals surface area contributed by atoms with E-state index in [-0.39, 0.29) is 17.7 Å². The number of nitrogen functional groups attached to an aromatic ring is 1. The number of nitrogens with one attached hydrogen (secondary N) is 1. The van der Waals surface area contributed by atoms with Gasteiger partial charge in [0.1, 0.15) is 0 Å². The molecule has 0 unspecified atom stereocenters. The van der Waals surface area contributed by atoms with Crippen LogP contribution in [0.5, 0.6) is 17.5 Å². The largest absolute Gasteiger partial charge is 0.481 e. The Morgan fingerprint density at radius 2 is 1.95 bits per heavy atom. The Kier molecular flexibility index (Phi) is 3.99. The number of ether oxygens (including phenoxy) is 2. The first-order valence-electron chi connectivity index (χ1n) is 5.81. The zero-order valence-electron chi connectivity index (χ0n) is 11.1. The van der Waals surface area contributed by atoms with Gasteiger partial charge in [-0.1, -0.05) is 12.1 Å². The van der Waals surface area contributed by atoms with Crippen molar-refractivity contribution in [3.63, 3.8) is 0 Å². The number of methoxy groups -OCH3 is 1. The summed E-state index contributed by atoms with van der Waals surface area (Å²) in [5.41, 5.74) is 6.09.